The summed E-state index contributed by atoms with van der Waals surface area (Å²) in [7, 11) is 1.54. The third-order valence-electron chi connectivity index (χ3n) is 3.44. The van der Waals surface area contributed by atoms with Crippen LogP contribution in [0.1, 0.15) is 0 Å². The molecule has 0 atom stereocenters. The molecule has 0 spiro atoms. The number of nitro groups is 1. The Morgan fingerprint density at radius 3 is 2.38 bits per heavy atom. The van der Waals surface area contributed by atoms with Gasteiger partial charge in [0.25, 0.3) is 5.69 Å². The van der Waals surface area contributed by atoms with Crippen LogP contribution < -0.4 is 10.2 Å². The van der Waals surface area contributed by atoms with E-state index in [1.54, 1.807) is 30.3 Å². The van der Waals surface area contributed by atoms with E-state index in [0.29, 0.717) is 21.9 Å². The third-order valence-corrected chi connectivity index (χ3v) is 3.44. The second kappa shape index (κ2) is 4.86. The number of rotatable bonds is 2. The van der Waals surface area contributed by atoms with Crippen molar-refractivity contribution in [3.63, 3.8) is 0 Å². The Labute approximate surface area is 119 Å². The van der Waals surface area contributed by atoms with Gasteiger partial charge in [-0.25, -0.2) is 0 Å². The molecule has 3 aromatic rings. The molecular weight excluding hydrogens is 270 g/mol. The van der Waals surface area contributed by atoms with E-state index in [9.17, 15) is 14.9 Å². The van der Waals surface area contributed by atoms with Gasteiger partial charge in [0.1, 0.15) is 5.75 Å². The number of non-ortho nitro benzene ring substituents is 1. The summed E-state index contributed by atoms with van der Waals surface area (Å²) < 4.78 is 5.14. The van der Waals surface area contributed by atoms with Gasteiger partial charge >= 0.3 is 0 Å². The first-order chi connectivity index (χ1) is 10.1. The van der Waals surface area contributed by atoms with E-state index in [1.165, 1.54) is 25.3 Å². The normalized spacial score (nSPS) is 10.7. The Balaban J connectivity index is 2.45. The fourth-order valence-electron chi connectivity index (χ4n) is 2.34. The standard InChI is InChI=1S/C16H11NO4/c1-21-13-6-4-10-2-3-11-8-12(17(19)20)5-7-14(11)16(18)15(10)9-13/h2-9H,1H3. The van der Waals surface area contributed by atoms with Crippen molar-refractivity contribution in [3.05, 3.63) is 68.9 Å². The average Bonchev–Trinajstić information content (AvgIpc) is 2.64. The Kier molecular flexibility index (Phi) is 3.02. The van der Waals surface area contributed by atoms with E-state index in [4.69, 9.17) is 4.74 Å². The third kappa shape index (κ3) is 2.18. The van der Waals surface area contributed by atoms with E-state index in [0.717, 1.165) is 5.39 Å². The average molecular weight is 281 g/mol. The summed E-state index contributed by atoms with van der Waals surface area (Å²) in [6, 6.07) is 13.0. The van der Waals surface area contributed by atoms with Gasteiger partial charge in [-0.3, -0.25) is 14.9 Å². The lowest BCUT2D eigenvalue weighted by molar-refractivity contribution is -0.384. The second-order valence-corrected chi connectivity index (χ2v) is 4.64. The molecule has 0 unspecified atom stereocenters. The van der Waals surface area contributed by atoms with Crippen LogP contribution in [0.25, 0.3) is 21.5 Å². The van der Waals surface area contributed by atoms with Gasteiger partial charge < -0.3 is 4.74 Å². The van der Waals surface area contributed by atoms with Crippen molar-refractivity contribution in [1.29, 1.82) is 0 Å². The molecule has 0 N–H and O–H groups in total. The van der Waals surface area contributed by atoms with Crippen molar-refractivity contribution < 1.29 is 9.66 Å². The zero-order valence-electron chi connectivity index (χ0n) is 11.2. The summed E-state index contributed by atoms with van der Waals surface area (Å²) in [5, 5.41) is 13.1. The maximum Gasteiger partial charge on any atom is 0.270 e. The van der Waals surface area contributed by atoms with Crippen molar-refractivity contribution in [3.8, 4) is 5.75 Å². The fraction of sp³-hybridized carbons (Fsp3) is 0.0625. The molecule has 3 rings (SSSR count). The topological polar surface area (TPSA) is 69.4 Å². The molecule has 0 radical (unpaired) electrons. The number of hydrogen-bond acceptors (Lipinski definition) is 4. The van der Waals surface area contributed by atoms with Crippen molar-refractivity contribution in [2.45, 2.75) is 0 Å². The van der Waals surface area contributed by atoms with E-state index < -0.39 is 4.92 Å². The molecular formula is C16H11NO4. The zero-order valence-corrected chi connectivity index (χ0v) is 11.2. The zero-order chi connectivity index (χ0) is 15.0. The lowest BCUT2D eigenvalue weighted by Crippen LogP contribution is -1.99. The first kappa shape index (κ1) is 13.1. The molecule has 0 saturated carbocycles. The first-order valence-electron chi connectivity index (χ1n) is 6.29. The number of benzene rings is 2. The summed E-state index contributed by atoms with van der Waals surface area (Å²) in [5.74, 6) is 0.598. The quantitative estimate of drug-likeness (QED) is 0.534. The van der Waals surface area contributed by atoms with Crippen molar-refractivity contribution in [1.82, 2.24) is 0 Å². The molecule has 0 heterocycles. The summed E-state index contributed by atoms with van der Waals surface area (Å²) >= 11 is 0. The number of nitrogens with zero attached hydrogens (tertiary/aromatic N) is 1. The van der Waals surface area contributed by atoms with Crippen LogP contribution in [0.15, 0.2) is 53.3 Å². The molecule has 0 fully saturated rings. The molecule has 0 aliphatic heterocycles. The Morgan fingerprint density at radius 2 is 1.67 bits per heavy atom. The predicted molar refractivity (Wildman–Crippen MR) is 80.9 cm³/mol. The van der Waals surface area contributed by atoms with Gasteiger partial charge in [0.05, 0.1) is 12.0 Å². The van der Waals surface area contributed by atoms with Gasteiger partial charge in [-0.05, 0) is 29.0 Å². The van der Waals surface area contributed by atoms with E-state index >= 15 is 0 Å². The minimum Gasteiger partial charge on any atom is -0.497 e. The molecule has 104 valence electrons. The highest BCUT2D eigenvalue weighted by atomic mass is 16.6. The van der Waals surface area contributed by atoms with Crippen molar-refractivity contribution in [2.75, 3.05) is 7.11 Å². The largest absolute Gasteiger partial charge is 0.497 e. The van der Waals surface area contributed by atoms with Crippen LogP contribution in [0.3, 0.4) is 0 Å². The number of hydrogen-bond donors (Lipinski definition) is 0. The molecule has 21 heavy (non-hydrogen) atoms. The van der Waals surface area contributed by atoms with Crippen molar-refractivity contribution >= 4 is 27.2 Å². The number of methoxy groups -OCH3 is 1. The maximum atomic E-state index is 12.6. The SMILES string of the molecule is COc1ccc2ccc3cc([N+](=O)[O-])ccc3c(=O)c2c1. The minimum absolute atomic E-state index is 0.0327. The molecule has 5 heteroatoms. The highest BCUT2D eigenvalue weighted by Crippen LogP contribution is 2.22. The van der Waals surface area contributed by atoms with Crippen LogP contribution in [0.2, 0.25) is 0 Å². The first-order valence-corrected chi connectivity index (χ1v) is 6.29. The number of nitro benzene ring substituents is 1. The molecule has 0 saturated heterocycles. The highest BCUT2D eigenvalue weighted by molar-refractivity contribution is 5.94. The fourth-order valence-corrected chi connectivity index (χ4v) is 2.34. The molecule has 0 amide bonds. The van der Waals surface area contributed by atoms with Gasteiger partial charge in [0.15, 0.2) is 5.43 Å². The van der Waals surface area contributed by atoms with Crippen LogP contribution in [0, 0.1) is 10.1 Å². The molecule has 0 bridgehead atoms. The van der Waals surface area contributed by atoms with E-state index in [-0.39, 0.29) is 11.1 Å². The van der Waals surface area contributed by atoms with Gasteiger partial charge in [-0.2, -0.15) is 0 Å². The Bertz CT molecular complexity index is 934. The molecule has 0 aliphatic carbocycles. The second-order valence-electron chi connectivity index (χ2n) is 4.64. The lowest BCUT2D eigenvalue weighted by Gasteiger charge is -1.99. The molecule has 0 aromatic heterocycles. The van der Waals surface area contributed by atoms with E-state index in [2.05, 4.69) is 0 Å². The predicted octanol–water partition coefficient (Wildman–Crippen LogP) is 3.27. The van der Waals surface area contributed by atoms with Gasteiger partial charge in [-0.15, -0.1) is 0 Å². The van der Waals surface area contributed by atoms with E-state index in [1.807, 2.05) is 0 Å². The smallest absolute Gasteiger partial charge is 0.270 e. The minimum atomic E-state index is -0.473. The van der Waals surface area contributed by atoms with Crippen LogP contribution in [-0.2, 0) is 0 Å². The van der Waals surface area contributed by atoms with Gasteiger partial charge in [0.2, 0.25) is 0 Å². The summed E-state index contributed by atoms with van der Waals surface area (Å²) in [4.78, 5) is 23.0. The molecule has 0 aliphatic rings. The summed E-state index contributed by atoms with van der Waals surface area (Å²) in [6.07, 6.45) is 0. The summed E-state index contributed by atoms with van der Waals surface area (Å²) in [6.45, 7) is 0. The Morgan fingerprint density at radius 1 is 0.952 bits per heavy atom. The van der Waals surface area contributed by atoms with Gasteiger partial charge in [-0.1, -0.05) is 18.2 Å². The monoisotopic (exact) mass is 281 g/mol. The summed E-state index contributed by atoms with van der Waals surface area (Å²) in [5.41, 5.74) is -0.200. The van der Waals surface area contributed by atoms with Crippen LogP contribution in [0.4, 0.5) is 5.69 Å². The van der Waals surface area contributed by atoms with Crippen LogP contribution in [-0.4, -0.2) is 12.0 Å². The van der Waals surface area contributed by atoms with Crippen LogP contribution >= 0.6 is 0 Å². The van der Waals surface area contributed by atoms with Crippen LogP contribution in [0.5, 0.6) is 5.75 Å². The number of ether oxygens (including phenoxy) is 1. The Hall–Kier alpha value is -2.95. The van der Waals surface area contributed by atoms with Gasteiger partial charge in [0, 0.05) is 22.9 Å². The maximum absolute atomic E-state index is 12.6. The molecule has 5 nitrogen and oxygen atoms in total. The van der Waals surface area contributed by atoms with Crippen molar-refractivity contribution in [2.24, 2.45) is 0 Å². The number of fused-ring (bicyclic) bond motifs is 2. The molecule has 3 aromatic carbocycles. The lowest BCUT2D eigenvalue weighted by atomic mass is 10.1. The highest BCUT2D eigenvalue weighted by Gasteiger charge is 2.09.